The molecule has 3 nitrogen and oxygen atoms in total. The molecular formula is C11H17ClFNO2. The van der Waals surface area contributed by atoms with E-state index in [1.807, 2.05) is 0 Å². The summed E-state index contributed by atoms with van der Waals surface area (Å²) in [5.74, 6) is -0.192. The summed E-state index contributed by atoms with van der Waals surface area (Å²) in [6, 6.07) is 4.44. The van der Waals surface area contributed by atoms with Crippen LogP contribution in [0.25, 0.3) is 0 Å². The van der Waals surface area contributed by atoms with Crippen molar-refractivity contribution in [1.82, 2.24) is 0 Å². The van der Waals surface area contributed by atoms with E-state index in [4.69, 9.17) is 15.6 Å². The zero-order valence-corrected chi connectivity index (χ0v) is 9.97. The molecule has 1 atom stereocenters. The summed E-state index contributed by atoms with van der Waals surface area (Å²) in [5.41, 5.74) is 6.55. The van der Waals surface area contributed by atoms with Crippen molar-refractivity contribution in [1.29, 1.82) is 0 Å². The van der Waals surface area contributed by atoms with Gasteiger partial charge in [0.1, 0.15) is 0 Å². The zero-order valence-electron chi connectivity index (χ0n) is 9.15. The molecule has 0 saturated heterocycles. The van der Waals surface area contributed by atoms with Crippen LogP contribution in [-0.2, 0) is 0 Å². The Morgan fingerprint density at radius 3 is 2.69 bits per heavy atom. The van der Waals surface area contributed by atoms with Crippen LogP contribution in [0.3, 0.4) is 0 Å². The van der Waals surface area contributed by atoms with Crippen molar-refractivity contribution in [3.8, 4) is 5.75 Å². The molecule has 0 unspecified atom stereocenters. The second-order valence-electron chi connectivity index (χ2n) is 3.37. The maximum absolute atomic E-state index is 13.3. The Morgan fingerprint density at radius 1 is 1.50 bits per heavy atom. The van der Waals surface area contributed by atoms with Gasteiger partial charge >= 0.3 is 0 Å². The first kappa shape index (κ1) is 15.2. The molecule has 0 aliphatic carbocycles. The van der Waals surface area contributed by atoms with Gasteiger partial charge in [-0.2, -0.15) is 0 Å². The number of aliphatic hydroxyl groups excluding tert-OH is 1. The molecule has 0 amide bonds. The molecule has 0 spiro atoms. The van der Waals surface area contributed by atoms with Crippen LogP contribution >= 0.6 is 12.4 Å². The lowest BCUT2D eigenvalue weighted by Gasteiger charge is -2.12. The maximum Gasteiger partial charge on any atom is 0.165 e. The maximum atomic E-state index is 13.3. The fourth-order valence-corrected chi connectivity index (χ4v) is 1.39. The third-order valence-electron chi connectivity index (χ3n) is 2.28. The molecule has 92 valence electrons. The molecule has 0 heterocycles. The Hall–Kier alpha value is -0.840. The Morgan fingerprint density at radius 2 is 2.19 bits per heavy atom. The number of benzene rings is 1. The second kappa shape index (κ2) is 7.44. The van der Waals surface area contributed by atoms with Gasteiger partial charge in [-0.25, -0.2) is 4.39 Å². The first-order valence-electron chi connectivity index (χ1n) is 4.89. The van der Waals surface area contributed by atoms with Gasteiger partial charge in [-0.05, 0) is 30.5 Å². The second-order valence-corrected chi connectivity index (χ2v) is 3.37. The minimum atomic E-state index is -0.408. The third-order valence-corrected chi connectivity index (χ3v) is 2.28. The average Bonchev–Trinajstić information content (AvgIpc) is 2.25. The summed E-state index contributed by atoms with van der Waals surface area (Å²) >= 11 is 0. The molecule has 0 aliphatic rings. The highest BCUT2D eigenvalue weighted by molar-refractivity contribution is 5.85. The summed E-state index contributed by atoms with van der Waals surface area (Å²) < 4.78 is 18.1. The molecule has 5 heteroatoms. The number of hydrogen-bond acceptors (Lipinski definition) is 3. The molecule has 3 N–H and O–H groups in total. The van der Waals surface area contributed by atoms with Crippen LogP contribution in [0.15, 0.2) is 18.2 Å². The van der Waals surface area contributed by atoms with Crippen molar-refractivity contribution in [3.63, 3.8) is 0 Å². The van der Waals surface area contributed by atoms with E-state index < -0.39 is 5.82 Å². The molecule has 1 aromatic carbocycles. The molecule has 0 radical (unpaired) electrons. The number of halogens is 2. The highest BCUT2D eigenvalue weighted by atomic mass is 35.5. The minimum absolute atomic E-state index is 0. The largest absolute Gasteiger partial charge is 0.494 e. The van der Waals surface area contributed by atoms with Gasteiger partial charge in [0.05, 0.1) is 7.11 Å². The summed E-state index contributed by atoms with van der Waals surface area (Å²) in [7, 11) is 1.42. The highest BCUT2D eigenvalue weighted by Crippen LogP contribution is 2.22. The molecule has 0 aromatic heterocycles. The first-order valence-corrected chi connectivity index (χ1v) is 4.89. The van der Waals surface area contributed by atoms with Crippen molar-refractivity contribution >= 4 is 12.4 Å². The van der Waals surface area contributed by atoms with E-state index in [1.54, 1.807) is 12.1 Å². The van der Waals surface area contributed by atoms with Gasteiger partial charge in [0.25, 0.3) is 0 Å². The van der Waals surface area contributed by atoms with Crippen LogP contribution in [-0.4, -0.2) is 18.8 Å². The van der Waals surface area contributed by atoms with Crippen LogP contribution in [0.5, 0.6) is 5.75 Å². The Kier molecular flexibility index (Phi) is 7.05. The molecular weight excluding hydrogens is 233 g/mol. The summed E-state index contributed by atoms with van der Waals surface area (Å²) in [4.78, 5) is 0. The van der Waals surface area contributed by atoms with Crippen molar-refractivity contribution in [2.75, 3.05) is 13.7 Å². The van der Waals surface area contributed by atoms with E-state index in [2.05, 4.69) is 0 Å². The number of ether oxygens (including phenoxy) is 1. The third kappa shape index (κ3) is 3.96. The van der Waals surface area contributed by atoms with Gasteiger partial charge in [0, 0.05) is 12.6 Å². The number of methoxy groups -OCH3 is 1. The predicted molar refractivity (Wildman–Crippen MR) is 63.4 cm³/mol. The van der Waals surface area contributed by atoms with Crippen LogP contribution in [0.1, 0.15) is 24.4 Å². The quantitative estimate of drug-likeness (QED) is 0.840. The topological polar surface area (TPSA) is 55.5 Å². The lowest BCUT2D eigenvalue weighted by Crippen LogP contribution is -2.11. The van der Waals surface area contributed by atoms with Gasteiger partial charge in [0.2, 0.25) is 0 Å². The van der Waals surface area contributed by atoms with Gasteiger partial charge in [-0.15, -0.1) is 12.4 Å². The number of rotatable bonds is 5. The van der Waals surface area contributed by atoms with E-state index in [-0.39, 0.29) is 30.8 Å². The van der Waals surface area contributed by atoms with Crippen molar-refractivity contribution < 1.29 is 14.2 Å². The Labute approximate surface area is 101 Å². The Balaban J connectivity index is 0.00000225. The molecule has 1 aromatic rings. The van der Waals surface area contributed by atoms with Gasteiger partial charge < -0.3 is 15.6 Å². The van der Waals surface area contributed by atoms with Gasteiger partial charge in [-0.1, -0.05) is 6.07 Å². The Bertz CT molecular complexity index is 323. The number of aliphatic hydroxyl groups is 1. The smallest absolute Gasteiger partial charge is 0.165 e. The van der Waals surface area contributed by atoms with E-state index in [1.165, 1.54) is 13.2 Å². The lowest BCUT2D eigenvalue weighted by atomic mass is 10.0. The fraction of sp³-hybridized carbons (Fsp3) is 0.455. The molecule has 16 heavy (non-hydrogen) atoms. The number of nitrogens with two attached hydrogens (primary N) is 1. The first-order chi connectivity index (χ1) is 7.19. The van der Waals surface area contributed by atoms with E-state index in [9.17, 15) is 4.39 Å². The van der Waals surface area contributed by atoms with E-state index in [0.717, 1.165) is 5.56 Å². The van der Waals surface area contributed by atoms with Crippen LogP contribution in [0.4, 0.5) is 4.39 Å². The van der Waals surface area contributed by atoms with Crippen molar-refractivity contribution in [2.24, 2.45) is 5.73 Å². The van der Waals surface area contributed by atoms with Gasteiger partial charge in [0.15, 0.2) is 11.6 Å². The molecule has 0 bridgehead atoms. The van der Waals surface area contributed by atoms with E-state index >= 15 is 0 Å². The molecule has 0 saturated carbocycles. The summed E-state index contributed by atoms with van der Waals surface area (Å²) in [5, 5.41) is 8.65. The van der Waals surface area contributed by atoms with Gasteiger partial charge in [-0.3, -0.25) is 0 Å². The molecule has 1 rings (SSSR count). The molecule has 0 aliphatic heterocycles. The minimum Gasteiger partial charge on any atom is -0.494 e. The number of hydrogen-bond donors (Lipinski definition) is 2. The fourth-order valence-electron chi connectivity index (χ4n) is 1.39. The molecule has 0 fully saturated rings. The SMILES string of the molecule is COc1ccc([C@@H](N)CCCO)cc1F.Cl. The van der Waals surface area contributed by atoms with E-state index in [0.29, 0.717) is 12.8 Å². The van der Waals surface area contributed by atoms with Crippen LogP contribution < -0.4 is 10.5 Å². The predicted octanol–water partition coefficient (Wildman–Crippen LogP) is 2.03. The average molecular weight is 250 g/mol. The van der Waals surface area contributed by atoms with Crippen LogP contribution in [0, 0.1) is 5.82 Å². The monoisotopic (exact) mass is 249 g/mol. The lowest BCUT2D eigenvalue weighted by molar-refractivity contribution is 0.280. The van der Waals surface area contributed by atoms with Crippen molar-refractivity contribution in [3.05, 3.63) is 29.6 Å². The zero-order chi connectivity index (χ0) is 11.3. The van der Waals surface area contributed by atoms with Crippen LogP contribution in [0.2, 0.25) is 0 Å². The van der Waals surface area contributed by atoms with Crippen molar-refractivity contribution in [2.45, 2.75) is 18.9 Å². The highest BCUT2D eigenvalue weighted by Gasteiger charge is 2.09. The summed E-state index contributed by atoms with van der Waals surface area (Å²) in [6.07, 6.45) is 1.26. The summed E-state index contributed by atoms with van der Waals surface area (Å²) in [6.45, 7) is 0.104. The normalized spacial score (nSPS) is 11.8. The standard InChI is InChI=1S/C11H16FNO2.ClH/c1-15-11-5-4-8(7-9(11)12)10(13)3-2-6-14;/h4-5,7,10,14H,2-3,6,13H2,1H3;1H/t10-;/m0./s1.